The quantitative estimate of drug-likeness (QED) is 0.322. The van der Waals surface area contributed by atoms with E-state index in [1.807, 2.05) is 31.2 Å². The molecule has 2 amide bonds. The number of benzene rings is 3. The molecule has 1 saturated heterocycles. The lowest BCUT2D eigenvalue weighted by atomic mass is 10.1. The van der Waals surface area contributed by atoms with E-state index in [-0.39, 0.29) is 27.3 Å². The second-order valence-electron chi connectivity index (χ2n) is 7.29. The molecule has 0 bridgehead atoms. The number of thioether (sulfide) groups is 1. The van der Waals surface area contributed by atoms with Gasteiger partial charge < -0.3 is 4.18 Å². The third-order valence-corrected chi connectivity index (χ3v) is 7.21. The van der Waals surface area contributed by atoms with Gasteiger partial charge in [-0.2, -0.15) is 8.42 Å². The van der Waals surface area contributed by atoms with Gasteiger partial charge in [-0.3, -0.25) is 14.5 Å². The van der Waals surface area contributed by atoms with Crippen LogP contribution in [0.4, 0.5) is 4.79 Å². The van der Waals surface area contributed by atoms with Crippen molar-refractivity contribution in [1.29, 1.82) is 0 Å². The normalized spacial score (nSPS) is 15.3. The van der Waals surface area contributed by atoms with Gasteiger partial charge in [0, 0.05) is 10.6 Å². The topological polar surface area (TPSA) is 80.8 Å². The van der Waals surface area contributed by atoms with E-state index in [2.05, 4.69) is 0 Å². The molecule has 0 radical (unpaired) electrons. The summed E-state index contributed by atoms with van der Waals surface area (Å²) in [5, 5.41) is 0.00989. The average Bonchev–Trinajstić information content (AvgIpc) is 3.03. The fourth-order valence-corrected chi connectivity index (χ4v) is 5.12. The molecular weight excluding hydrogens is 482 g/mol. The Hall–Kier alpha value is -3.07. The van der Waals surface area contributed by atoms with Crippen LogP contribution in [0.25, 0.3) is 6.08 Å². The Morgan fingerprint density at radius 1 is 1.00 bits per heavy atom. The van der Waals surface area contributed by atoms with E-state index in [0.29, 0.717) is 10.6 Å². The maximum Gasteiger partial charge on any atom is 0.339 e. The predicted molar refractivity (Wildman–Crippen MR) is 128 cm³/mol. The van der Waals surface area contributed by atoms with E-state index in [4.69, 9.17) is 15.8 Å². The first-order valence-corrected chi connectivity index (χ1v) is 12.4. The SMILES string of the molecule is Cc1cccc(CN2C(=O)S/C(=C\c3ccccc3OS(=O)(=O)c3ccc(Cl)cc3)C2=O)c1. The molecule has 6 nitrogen and oxygen atoms in total. The molecule has 0 unspecified atom stereocenters. The van der Waals surface area contributed by atoms with Gasteiger partial charge in [-0.15, -0.1) is 0 Å². The molecule has 0 saturated carbocycles. The number of imide groups is 1. The first-order chi connectivity index (χ1) is 15.7. The van der Waals surface area contributed by atoms with E-state index in [9.17, 15) is 18.0 Å². The predicted octanol–water partition coefficient (Wildman–Crippen LogP) is 5.65. The molecule has 0 aromatic heterocycles. The van der Waals surface area contributed by atoms with Crippen LogP contribution in [0.15, 0.2) is 82.6 Å². The molecular formula is C24H18ClNO5S2. The molecule has 0 N–H and O–H groups in total. The summed E-state index contributed by atoms with van der Waals surface area (Å²) in [6.45, 7) is 2.10. The Kier molecular flexibility index (Phi) is 6.60. The van der Waals surface area contributed by atoms with Crippen molar-refractivity contribution in [1.82, 2.24) is 4.90 Å². The molecule has 3 aromatic carbocycles. The molecule has 0 spiro atoms. The minimum absolute atomic E-state index is 0.0398. The molecule has 9 heteroatoms. The lowest BCUT2D eigenvalue weighted by Crippen LogP contribution is -2.27. The van der Waals surface area contributed by atoms with Crippen LogP contribution in [0.2, 0.25) is 5.02 Å². The Morgan fingerprint density at radius 3 is 2.45 bits per heavy atom. The van der Waals surface area contributed by atoms with Gasteiger partial charge in [-0.1, -0.05) is 59.6 Å². The van der Waals surface area contributed by atoms with Crippen molar-refractivity contribution in [2.45, 2.75) is 18.4 Å². The summed E-state index contributed by atoms with van der Waals surface area (Å²) >= 11 is 6.63. The molecule has 0 atom stereocenters. The zero-order chi connectivity index (χ0) is 23.6. The van der Waals surface area contributed by atoms with Crippen molar-refractivity contribution >= 4 is 50.7 Å². The Labute approximate surface area is 200 Å². The molecule has 0 aliphatic carbocycles. The van der Waals surface area contributed by atoms with Gasteiger partial charge in [-0.05, 0) is 60.7 Å². The minimum Gasteiger partial charge on any atom is -0.378 e. The second kappa shape index (κ2) is 9.43. The molecule has 1 fully saturated rings. The number of para-hydroxylation sites is 1. The third-order valence-electron chi connectivity index (χ3n) is 4.80. The minimum atomic E-state index is -4.12. The Morgan fingerprint density at radius 2 is 1.73 bits per heavy atom. The Bertz CT molecular complexity index is 1370. The fraction of sp³-hybridized carbons (Fsp3) is 0.0833. The summed E-state index contributed by atoms with van der Waals surface area (Å²) in [5.41, 5.74) is 2.23. The van der Waals surface area contributed by atoms with Crippen LogP contribution < -0.4 is 4.18 Å². The summed E-state index contributed by atoms with van der Waals surface area (Å²) in [4.78, 5) is 26.7. The van der Waals surface area contributed by atoms with E-state index in [1.165, 1.54) is 41.3 Å². The van der Waals surface area contributed by atoms with Crippen LogP contribution >= 0.6 is 23.4 Å². The van der Waals surface area contributed by atoms with Crippen LogP contribution in [-0.4, -0.2) is 24.5 Å². The van der Waals surface area contributed by atoms with Gasteiger partial charge in [0.1, 0.15) is 10.6 Å². The molecule has 1 heterocycles. The first-order valence-electron chi connectivity index (χ1n) is 9.83. The second-order valence-corrected chi connectivity index (χ2v) is 10.3. The number of amides is 2. The molecule has 3 aromatic rings. The van der Waals surface area contributed by atoms with Gasteiger partial charge >= 0.3 is 10.1 Å². The van der Waals surface area contributed by atoms with E-state index in [0.717, 1.165) is 22.9 Å². The number of nitrogens with zero attached hydrogens (tertiary/aromatic N) is 1. The van der Waals surface area contributed by atoms with Crippen molar-refractivity contribution in [2.75, 3.05) is 0 Å². The highest BCUT2D eigenvalue weighted by Crippen LogP contribution is 2.35. The Balaban J connectivity index is 1.59. The summed E-state index contributed by atoms with van der Waals surface area (Å²) in [6.07, 6.45) is 1.47. The van der Waals surface area contributed by atoms with Gasteiger partial charge in [-0.25, -0.2) is 0 Å². The van der Waals surface area contributed by atoms with Crippen LogP contribution in [0, 0.1) is 6.92 Å². The highest BCUT2D eigenvalue weighted by Gasteiger charge is 2.35. The van der Waals surface area contributed by atoms with Crippen LogP contribution in [0.5, 0.6) is 5.75 Å². The van der Waals surface area contributed by atoms with Gasteiger partial charge in [0.05, 0.1) is 11.4 Å². The molecule has 33 heavy (non-hydrogen) atoms. The van der Waals surface area contributed by atoms with E-state index >= 15 is 0 Å². The maximum absolute atomic E-state index is 12.9. The number of aryl methyl sites for hydroxylation is 1. The highest BCUT2D eigenvalue weighted by molar-refractivity contribution is 8.18. The van der Waals surface area contributed by atoms with Crippen molar-refractivity contribution in [3.63, 3.8) is 0 Å². The number of carbonyl (C=O) groups excluding carboxylic acids is 2. The number of halogens is 1. The summed E-state index contributed by atoms with van der Waals surface area (Å²) in [6, 6.07) is 19.6. The van der Waals surface area contributed by atoms with E-state index < -0.39 is 16.0 Å². The zero-order valence-corrected chi connectivity index (χ0v) is 19.8. The number of hydrogen-bond donors (Lipinski definition) is 0. The first kappa shape index (κ1) is 23.1. The number of carbonyl (C=O) groups is 2. The van der Waals surface area contributed by atoms with Gasteiger partial charge in [0.15, 0.2) is 0 Å². The summed E-state index contributed by atoms with van der Waals surface area (Å²) < 4.78 is 30.7. The smallest absolute Gasteiger partial charge is 0.339 e. The van der Waals surface area contributed by atoms with Crippen LogP contribution in [-0.2, 0) is 21.5 Å². The molecule has 1 aliphatic rings. The highest BCUT2D eigenvalue weighted by atomic mass is 35.5. The molecule has 1 aliphatic heterocycles. The van der Waals surface area contributed by atoms with Gasteiger partial charge in [0.2, 0.25) is 0 Å². The molecule has 4 rings (SSSR count). The monoisotopic (exact) mass is 499 g/mol. The lowest BCUT2D eigenvalue weighted by Gasteiger charge is -2.13. The van der Waals surface area contributed by atoms with E-state index in [1.54, 1.807) is 18.2 Å². The van der Waals surface area contributed by atoms with Crippen molar-refractivity contribution in [3.05, 3.63) is 99.4 Å². The zero-order valence-electron chi connectivity index (χ0n) is 17.4. The van der Waals surface area contributed by atoms with Crippen molar-refractivity contribution < 1.29 is 22.2 Å². The molecule has 168 valence electrons. The fourth-order valence-electron chi connectivity index (χ4n) is 3.21. The lowest BCUT2D eigenvalue weighted by molar-refractivity contribution is -0.123. The van der Waals surface area contributed by atoms with Gasteiger partial charge in [0.25, 0.3) is 11.1 Å². The van der Waals surface area contributed by atoms with Crippen molar-refractivity contribution in [3.8, 4) is 5.75 Å². The van der Waals surface area contributed by atoms with Crippen molar-refractivity contribution in [2.24, 2.45) is 0 Å². The maximum atomic E-state index is 12.9. The average molecular weight is 500 g/mol. The summed E-state index contributed by atoms with van der Waals surface area (Å²) in [7, 11) is -4.12. The summed E-state index contributed by atoms with van der Waals surface area (Å²) in [5.74, 6) is -0.403. The largest absolute Gasteiger partial charge is 0.378 e. The number of hydrogen-bond acceptors (Lipinski definition) is 6. The standard InChI is InChI=1S/C24H18ClNO5S2/c1-16-5-4-6-17(13-16)15-26-23(27)22(32-24(26)28)14-18-7-2-3-8-21(18)31-33(29,30)20-11-9-19(25)10-12-20/h2-14H,15H2,1H3/b22-14-. The number of rotatable bonds is 6. The van der Waals surface area contributed by atoms with Crippen LogP contribution in [0.1, 0.15) is 16.7 Å². The third kappa shape index (κ3) is 5.30. The van der Waals surface area contributed by atoms with Crippen LogP contribution in [0.3, 0.4) is 0 Å².